The molecule has 4 rings (SSSR count). The van der Waals surface area contributed by atoms with Gasteiger partial charge in [-0.1, -0.05) is 23.7 Å². The molecule has 29 heavy (non-hydrogen) atoms. The normalized spacial score (nSPS) is 15.1. The molecule has 0 unspecified atom stereocenters. The summed E-state index contributed by atoms with van der Waals surface area (Å²) in [4.78, 5) is 28.3. The van der Waals surface area contributed by atoms with Crippen LogP contribution in [-0.2, 0) is 24.8 Å². The molecule has 1 aliphatic heterocycles. The Labute approximate surface area is 174 Å². The number of nitrogens with one attached hydrogen (secondary N) is 1. The summed E-state index contributed by atoms with van der Waals surface area (Å²) in [5.74, 6) is 1.48. The molecule has 3 heterocycles. The molecule has 0 spiro atoms. The van der Waals surface area contributed by atoms with E-state index in [1.54, 1.807) is 18.6 Å². The Morgan fingerprint density at radius 1 is 1.17 bits per heavy atom. The second kappa shape index (κ2) is 7.83. The van der Waals surface area contributed by atoms with Gasteiger partial charge in [-0.3, -0.25) is 4.79 Å². The summed E-state index contributed by atoms with van der Waals surface area (Å²) in [5.41, 5.74) is 1.54. The smallest absolute Gasteiger partial charge is 0.230 e. The third-order valence-corrected chi connectivity index (χ3v) is 5.55. The van der Waals surface area contributed by atoms with Gasteiger partial charge in [0.25, 0.3) is 0 Å². The molecular weight excluding hydrogens is 388 g/mol. The average molecular weight is 411 g/mol. The number of hydrogen-bond acceptors (Lipinski definition) is 5. The van der Waals surface area contributed by atoms with Crippen molar-refractivity contribution in [3.8, 4) is 0 Å². The highest BCUT2D eigenvalue weighted by Crippen LogP contribution is 2.36. The average Bonchev–Trinajstić information content (AvgIpc) is 3.10. The van der Waals surface area contributed by atoms with Gasteiger partial charge in [0.05, 0.1) is 12.0 Å². The molecule has 1 fully saturated rings. The maximum atomic E-state index is 13.2. The molecular formula is C21H23ClN6O. The molecule has 0 atom stereocenters. The largest absolute Gasteiger partial charge is 0.348 e. The number of aromatic nitrogens is 4. The number of rotatable bonds is 6. The Morgan fingerprint density at radius 2 is 1.86 bits per heavy atom. The molecule has 150 valence electrons. The van der Waals surface area contributed by atoms with E-state index in [4.69, 9.17) is 11.6 Å². The van der Waals surface area contributed by atoms with Crippen LogP contribution in [0.3, 0.4) is 0 Å². The number of anilines is 1. The van der Waals surface area contributed by atoms with Gasteiger partial charge in [-0.15, -0.1) is 0 Å². The Hall–Kier alpha value is -2.93. The van der Waals surface area contributed by atoms with Crippen LogP contribution in [0.5, 0.6) is 0 Å². The zero-order chi connectivity index (χ0) is 20.4. The number of nitrogens with zero attached hydrogens (tertiary/aromatic N) is 5. The standard InChI is InChI=1S/C21H23ClN6O/c1-15-10-25-20(26-11-15)28-13-21(14-28,9-16-3-5-17(22)6-4-16)19(29)24-12-18-23-7-8-27(18)2/h3-8,10-11H,9,12-14H2,1-2H3,(H,24,29). The lowest BCUT2D eigenvalue weighted by atomic mass is 9.74. The van der Waals surface area contributed by atoms with Crippen molar-refractivity contribution in [1.82, 2.24) is 24.8 Å². The molecule has 7 nitrogen and oxygen atoms in total. The molecule has 8 heteroatoms. The summed E-state index contributed by atoms with van der Waals surface area (Å²) in [6.45, 7) is 3.47. The Kier molecular flexibility index (Phi) is 5.24. The summed E-state index contributed by atoms with van der Waals surface area (Å²) in [6, 6.07) is 7.66. The van der Waals surface area contributed by atoms with Crippen LogP contribution in [-0.4, -0.2) is 38.5 Å². The number of carbonyl (C=O) groups excluding carboxylic acids is 1. The van der Waals surface area contributed by atoms with Crippen LogP contribution in [0.25, 0.3) is 0 Å². The molecule has 0 radical (unpaired) electrons. The molecule has 2 aromatic heterocycles. The number of benzene rings is 1. The zero-order valence-electron chi connectivity index (χ0n) is 16.5. The maximum absolute atomic E-state index is 13.2. The third kappa shape index (κ3) is 4.10. The van der Waals surface area contributed by atoms with E-state index in [2.05, 4.69) is 20.3 Å². The van der Waals surface area contributed by atoms with Crippen molar-refractivity contribution in [3.63, 3.8) is 0 Å². The summed E-state index contributed by atoms with van der Waals surface area (Å²) < 4.78 is 1.90. The first-order chi connectivity index (χ1) is 13.9. The summed E-state index contributed by atoms with van der Waals surface area (Å²) in [7, 11) is 1.91. The van der Waals surface area contributed by atoms with E-state index < -0.39 is 5.41 Å². The first-order valence-corrected chi connectivity index (χ1v) is 9.85. The lowest BCUT2D eigenvalue weighted by Gasteiger charge is -2.49. The van der Waals surface area contributed by atoms with Gasteiger partial charge < -0.3 is 14.8 Å². The fourth-order valence-electron chi connectivity index (χ4n) is 3.62. The predicted molar refractivity (Wildman–Crippen MR) is 112 cm³/mol. The van der Waals surface area contributed by atoms with Gasteiger partial charge in [-0.2, -0.15) is 0 Å². The summed E-state index contributed by atoms with van der Waals surface area (Å²) >= 11 is 6.02. The minimum atomic E-state index is -0.548. The molecule has 3 aromatic rings. The van der Waals surface area contributed by atoms with Gasteiger partial charge in [0.1, 0.15) is 5.82 Å². The SMILES string of the molecule is Cc1cnc(N2CC(Cc3ccc(Cl)cc3)(C(=O)NCc3nccn3C)C2)nc1. The van der Waals surface area contributed by atoms with E-state index >= 15 is 0 Å². The third-order valence-electron chi connectivity index (χ3n) is 5.30. The zero-order valence-corrected chi connectivity index (χ0v) is 17.2. The van der Waals surface area contributed by atoms with E-state index in [0.717, 1.165) is 17.0 Å². The minimum Gasteiger partial charge on any atom is -0.348 e. The van der Waals surface area contributed by atoms with Crippen LogP contribution in [0.4, 0.5) is 5.95 Å². The van der Waals surface area contributed by atoms with Gasteiger partial charge in [0, 0.05) is 49.9 Å². The first kappa shape index (κ1) is 19.4. The molecule has 1 N–H and O–H groups in total. The van der Waals surface area contributed by atoms with Crippen molar-refractivity contribution in [2.75, 3.05) is 18.0 Å². The fraction of sp³-hybridized carbons (Fsp3) is 0.333. The lowest BCUT2D eigenvalue weighted by Crippen LogP contribution is -2.64. The highest BCUT2D eigenvalue weighted by atomic mass is 35.5. The van der Waals surface area contributed by atoms with Crippen molar-refractivity contribution >= 4 is 23.5 Å². The quantitative estimate of drug-likeness (QED) is 0.675. The number of halogens is 1. The summed E-state index contributed by atoms with van der Waals surface area (Å²) in [5, 5.41) is 3.75. The van der Waals surface area contributed by atoms with Crippen molar-refractivity contribution < 1.29 is 4.79 Å². The number of carbonyl (C=O) groups is 1. The molecule has 0 bridgehead atoms. The van der Waals surface area contributed by atoms with E-state index in [9.17, 15) is 4.79 Å². The van der Waals surface area contributed by atoms with E-state index in [0.29, 0.717) is 37.0 Å². The Balaban J connectivity index is 1.51. The number of aryl methyl sites for hydroxylation is 2. The Morgan fingerprint density at radius 3 is 2.48 bits per heavy atom. The van der Waals surface area contributed by atoms with Gasteiger partial charge in [0.2, 0.25) is 11.9 Å². The summed E-state index contributed by atoms with van der Waals surface area (Å²) in [6.07, 6.45) is 7.81. The highest BCUT2D eigenvalue weighted by Gasteiger charge is 2.50. The van der Waals surface area contributed by atoms with Crippen LogP contribution in [0.15, 0.2) is 49.1 Å². The lowest BCUT2D eigenvalue weighted by molar-refractivity contribution is -0.132. The topological polar surface area (TPSA) is 75.9 Å². The number of amides is 1. The number of hydrogen-bond donors (Lipinski definition) is 1. The maximum Gasteiger partial charge on any atom is 0.230 e. The predicted octanol–water partition coefficient (Wildman–Crippen LogP) is 2.54. The fourth-order valence-corrected chi connectivity index (χ4v) is 3.74. The van der Waals surface area contributed by atoms with Crippen LogP contribution in [0.1, 0.15) is 17.0 Å². The monoisotopic (exact) mass is 410 g/mol. The van der Waals surface area contributed by atoms with Crippen molar-refractivity contribution in [2.45, 2.75) is 19.9 Å². The molecule has 1 aliphatic rings. The van der Waals surface area contributed by atoms with Crippen LogP contribution in [0.2, 0.25) is 5.02 Å². The van der Waals surface area contributed by atoms with Gasteiger partial charge in [-0.25, -0.2) is 15.0 Å². The molecule has 1 amide bonds. The molecule has 1 saturated heterocycles. The van der Waals surface area contributed by atoms with E-state index in [-0.39, 0.29) is 5.91 Å². The van der Waals surface area contributed by atoms with Crippen LogP contribution in [0, 0.1) is 12.3 Å². The second-order valence-electron chi connectivity index (χ2n) is 7.64. The van der Waals surface area contributed by atoms with Gasteiger partial charge in [-0.05, 0) is 36.6 Å². The van der Waals surface area contributed by atoms with Gasteiger partial charge >= 0.3 is 0 Å². The second-order valence-corrected chi connectivity index (χ2v) is 8.07. The minimum absolute atomic E-state index is 0.0128. The number of imidazole rings is 1. The van der Waals surface area contributed by atoms with E-state index in [1.807, 2.05) is 53.9 Å². The van der Waals surface area contributed by atoms with Crippen LogP contribution >= 0.6 is 11.6 Å². The highest BCUT2D eigenvalue weighted by molar-refractivity contribution is 6.30. The molecule has 0 aliphatic carbocycles. The molecule has 0 saturated carbocycles. The van der Waals surface area contributed by atoms with Crippen molar-refractivity contribution in [1.29, 1.82) is 0 Å². The van der Waals surface area contributed by atoms with E-state index in [1.165, 1.54) is 0 Å². The Bertz CT molecular complexity index is 993. The molecule has 1 aromatic carbocycles. The van der Waals surface area contributed by atoms with Crippen molar-refractivity contribution in [3.05, 3.63) is 71.0 Å². The van der Waals surface area contributed by atoms with Crippen molar-refractivity contribution in [2.24, 2.45) is 12.5 Å². The van der Waals surface area contributed by atoms with Gasteiger partial charge in [0.15, 0.2) is 0 Å². The first-order valence-electron chi connectivity index (χ1n) is 9.48. The van der Waals surface area contributed by atoms with Crippen LogP contribution < -0.4 is 10.2 Å².